The van der Waals surface area contributed by atoms with E-state index in [2.05, 4.69) is 33.0 Å². The van der Waals surface area contributed by atoms with E-state index in [4.69, 9.17) is 5.11 Å². The number of carbonyl (C=O) groups is 2. The summed E-state index contributed by atoms with van der Waals surface area (Å²) in [5.41, 5.74) is -0.253. The summed E-state index contributed by atoms with van der Waals surface area (Å²) in [5, 5.41) is 12.0. The lowest BCUT2D eigenvalue weighted by Crippen LogP contribution is -2.46. The second-order valence-electron chi connectivity index (χ2n) is 7.37. The van der Waals surface area contributed by atoms with Crippen molar-refractivity contribution in [3.63, 3.8) is 0 Å². The molecule has 1 saturated carbocycles. The minimum atomic E-state index is -0.850. The monoisotopic (exact) mass is 283 g/mol. The van der Waals surface area contributed by atoms with Gasteiger partial charge in [-0.2, -0.15) is 0 Å². The molecule has 4 nitrogen and oxygen atoms in total. The van der Waals surface area contributed by atoms with Gasteiger partial charge < -0.3 is 10.4 Å². The highest BCUT2D eigenvalue weighted by atomic mass is 16.4. The summed E-state index contributed by atoms with van der Waals surface area (Å²) in [5.74, 6) is -0.787. The van der Waals surface area contributed by atoms with E-state index in [0.717, 1.165) is 32.1 Å². The third-order valence-electron chi connectivity index (χ3n) is 4.33. The molecule has 0 aromatic carbocycles. The quantitative estimate of drug-likeness (QED) is 0.785. The molecule has 20 heavy (non-hydrogen) atoms. The van der Waals surface area contributed by atoms with E-state index in [1.807, 2.05) is 0 Å². The van der Waals surface area contributed by atoms with Gasteiger partial charge in [-0.3, -0.25) is 9.59 Å². The van der Waals surface area contributed by atoms with E-state index < -0.39 is 5.97 Å². The van der Waals surface area contributed by atoms with Crippen LogP contribution in [0.15, 0.2) is 0 Å². The van der Waals surface area contributed by atoms with Gasteiger partial charge in [0, 0.05) is 11.5 Å². The lowest BCUT2D eigenvalue weighted by Gasteiger charge is -2.31. The topological polar surface area (TPSA) is 66.4 Å². The van der Waals surface area contributed by atoms with Gasteiger partial charge in [0.1, 0.15) is 0 Å². The number of amides is 1. The van der Waals surface area contributed by atoms with E-state index in [1.54, 1.807) is 0 Å². The molecule has 0 aromatic rings. The predicted octanol–water partition coefficient (Wildman–Crippen LogP) is 3.35. The molecule has 2 N–H and O–H groups in total. The summed E-state index contributed by atoms with van der Waals surface area (Å²) in [6.45, 7) is 8.26. The summed E-state index contributed by atoms with van der Waals surface area (Å²) in [6, 6.07) is -0.274. The van der Waals surface area contributed by atoms with Crippen molar-refractivity contribution >= 4 is 11.9 Å². The largest absolute Gasteiger partial charge is 0.481 e. The molecule has 0 saturated heterocycles. The van der Waals surface area contributed by atoms with Crippen molar-refractivity contribution in [1.29, 1.82) is 0 Å². The highest BCUT2D eigenvalue weighted by molar-refractivity contribution is 5.83. The van der Waals surface area contributed by atoms with Crippen molar-refractivity contribution in [2.75, 3.05) is 0 Å². The molecular weight excluding hydrogens is 254 g/mol. The Kier molecular flexibility index (Phi) is 5.60. The number of hydrogen-bond acceptors (Lipinski definition) is 2. The number of carboxylic acids is 1. The summed E-state index contributed by atoms with van der Waals surface area (Å²) >= 11 is 0. The molecule has 1 unspecified atom stereocenters. The second kappa shape index (κ2) is 6.59. The highest BCUT2D eigenvalue weighted by Gasteiger charge is 2.40. The van der Waals surface area contributed by atoms with Crippen molar-refractivity contribution in [2.24, 2.45) is 10.8 Å². The number of aliphatic carboxylic acids is 1. The third kappa shape index (κ3) is 4.80. The molecule has 1 atom stereocenters. The van der Waals surface area contributed by atoms with Gasteiger partial charge in [0.2, 0.25) is 5.91 Å². The minimum absolute atomic E-state index is 0.00243. The molecule has 1 aliphatic carbocycles. The Morgan fingerprint density at radius 3 is 2.20 bits per heavy atom. The van der Waals surface area contributed by atoms with Crippen LogP contribution in [0.2, 0.25) is 0 Å². The average molecular weight is 283 g/mol. The van der Waals surface area contributed by atoms with Crippen LogP contribution in [-0.4, -0.2) is 23.0 Å². The van der Waals surface area contributed by atoms with Gasteiger partial charge in [-0.15, -0.1) is 0 Å². The number of hydrogen-bond donors (Lipinski definition) is 2. The van der Waals surface area contributed by atoms with Gasteiger partial charge in [-0.25, -0.2) is 0 Å². The zero-order valence-corrected chi connectivity index (χ0v) is 13.3. The zero-order valence-electron chi connectivity index (χ0n) is 13.3. The van der Waals surface area contributed by atoms with Gasteiger partial charge in [0.15, 0.2) is 0 Å². The van der Waals surface area contributed by atoms with E-state index in [1.165, 1.54) is 0 Å². The molecular formula is C16H29NO3. The van der Waals surface area contributed by atoms with Crippen molar-refractivity contribution in [2.45, 2.75) is 78.7 Å². The molecule has 0 aromatic heterocycles. The SMILES string of the molecule is CCC1(C(=O)NC(CC(=O)O)CC(C)(C)C)CCCC1. The molecule has 1 aliphatic rings. The highest BCUT2D eigenvalue weighted by Crippen LogP contribution is 2.41. The maximum absolute atomic E-state index is 12.6. The number of carbonyl (C=O) groups excluding carboxylic acids is 1. The number of carboxylic acid groups (broad SMARTS) is 1. The third-order valence-corrected chi connectivity index (χ3v) is 4.33. The van der Waals surface area contributed by atoms with Crippen LogP contribution in [0.4, 0.5) is 0 Å². The van der Waals surface area contributed by atoms with E-state index in [0.29, 0.717) is 6.42 Å². The van der Waals surface area contributed by atoms with Crippen LogP contribution >= 0.6 is 0 Å². The molecule has 0 bridgehead atoms. The van der Waals surface area contributed by atoms with Gasteiger partial charge in [-0.1, -0.05) is 40.5 Å². The van der Waals surface area contributed by atoms with E-state index in [-0.39, 0.29) is 29.2 Å². The second-order valence-corrected chi connectivity index (χ2v) is 7.37. The average Bonchev–Trinajstić information content (AvgIpc) is 2.75. The van der Waals surface area contributed by atoms with Crippen LogP contribution in [-0.2, 0) is 9.59 Å². The first kappa shape index (κ1) is 17.0. The van der Waals surface area contributed by atoms with E-state index in [9.17, 15) is 9.59 Å². The smallest absolute Gasteiger partial charge is 0.305 e. The fraction of sp³-hybridized carbons (Fsp3) is 0.875. The van der Waals surface area contributed by atoms with Crippen LogP contribution in [0, 0.1) is 10.8 Å². The van der Waals surface area contributed by atoms with Crippen molar-refractivity contribution < 1.29 is 14.7 Å². The van der Waals surface area contributed by atoms with Crippen LogP contribution in [0.5, 0.6) is 0 Å². The Morgan fingerprint density at radius 2 is 1.80 bits per heavy atom. The summed E-state index contributed by atoms with van der Waals surface area (Å²) < 4.78 is 0. The van der Waals surface area contributed by atoms with Crippen LogP contribution in [0.25, 0.3) is 0 Å². The van der Waals surface area contributed by atoms with Gasteiger partial charge in [-0.05, 0) is 31.1 Å². The summed E-state index contributed by atoms with van der Waals surface area (Å²) in [6.07, 6.45) is 5.60. The molecule has 4 heteroatoms. The van der Waals surface area contributed by atoms with Gasteiger partial charge in [0.25, 0.3) is 0 Å². The zero-order chi connectivity index (χ0) is 15.4. The maximum atomic E-state index is 12.6. The first-order chi connectivity index (χ1) is 9.18. The lowest BCUT2D eigenvalue weighted by atomic mass is 9.81. The van der Waals surface area contributed by atoms with Gasteiger partial charge >= 0.3 is 5.97 Å². The standard InChI is InChI=1S/C16H29NO3/c1-5-16(8-6-7-9-16)14(20)17-12(10-13(18)19)11-15(2,3)4/h12H,5-11H2,1-4H3,(H,17,20)(H,18,19). The number of rotatable bonds is 6. The number of nitrogens with one attached hydrogen (secondary N) is 1. The molecule has 0 heterocycles. The molecule has 1 rings (SSSR count). The van der Waals surface area contributed by atoms with Crippen molar-refractivity contribution in [3.8, 4) is 0 Å². The molecule has 1 fully saturated rings. The fourth-order valence-corrected chi connectivity index (χ4v) is 3.26. The Hall–Kier alpha value is -1.06. The van der Waals surface area contributed by atoms with Crippen molar-refractivity contribution in [3.05, 3.63) is 0 Å². The Balaban J connectivity index is 2.72. The first-order valence-corrected chi connectivity index (χ1v) is 7.71. The molecule has 116 valence electrons. The normalized spacial score (nSPS) is 19.6. The predicted molar refractivity (Wildman–Crippen MR) is 79.4 cm³/mol. The first-order valence-electron chi connectivity index (χ1n) is 7.71. The Labute approximate surface area is 122 Å². The Bertz CT molecular complexity index is 351. The fourth-order valence-electron chi connectivity index (χ4n) is 3.26. The van der Waals surface area contributed by atoms with E-state index >= 15 is 0 Å². The van der Waals surface area contributed by atoms with Crippen molar-refractivity contribution in [1.82, 2.24) is 5.32 Å². The minimum Gasteiger partial charge on any atom is -0.481 e. The Morgan fingerprint density at radius 1 is 1.25 bits per heavy atom. The summed E-state index contributed by atoms with van der Waals surface area (Å²) in [7, 11) is 0. The molecule has 0 aliphatic heterocycles. The molecule has 0 radical (unpaired) electrons. The van der Waals surface area contributed by atoms with Crippen LogP contribution in [0.1, 0.15) is 72.6 Å². The maximum Gasteiger partial charge on any atom is 0.305 e. The summed E-state index contributed by atoms with van der Waals surface area (Å²) in [4.78, 5) is 23.6. The lowest BCUT2D eigenvalue weighted by molar-refractivity contribution is -0.138. The van der Waals surface area contributed by atoms with Gasteiger partial charge in [0.05, 0.1) is 6.42 Å². The molecule has 1 amide bonds. The van der Waals surface area contributed by atoms with Crippen LogP contribution in [0.3, 0.4) is 0 Å². The van der Waals surface area contributed by atoms with Crippen LogP contribution < -0.4 is 5.32 Å². The molecule has 0 spiro atoms.